The molecule has 0 fully saturated rings. The molecule has 5 heteroatoms. The van der Waals surface area contributed by atoms with Crippen molar-refractivity contribution in [1.29, 1.82) is 0 Å². The van der Waals surface area contributed by atoms with Crippen molar-refractivity contribution in [3.63, 3.8) is 0 Å². The van der Waals surface area contributed by atoms with Crippen LogP contribution in [0.1, 0.15) is 18.0 Å². The summed E-state index contributed by atoms with van der Waals surface area (Å²) >= 11 is 5.50. The normalized spacial score (nSPS) is 16.6. The third kappa shape index (κ3) is 3.09. The van der Waals surface area contributed by atoms with Crippen molar-refractivity contribution in [3.8, 4) is 5.75 Å². The molecule has 3 rings (SSSR count). The molecule has 1 atom stereocenters. The molecule has 0 aliphatic carbocycles. The molecule has 0 unspecified atom stereocenters. The van der Waals surface area contributed by atoms with Crippen molar-refractivity contribution in [1.82, 2.24) is 5.01 Å². The van der Waals surface area contributed by atoms with Crippen molar-refractivity contribution in [2.75, 3.05) is 12.4 Å². The summed E-state index contributed by atoms with van der Waals surface area (Å²) in [5.74, 6) is 0.817. The number of rotatable bonds is 3. The SMILES string of the molecule is COc1ccc(NC(=S)N2N=CC[C@H]2c2ccccc2)cc1. The molecule has 1 heterocycles. The minimum atomic E-state index is 0.152. The zero-order valence-corrected chi connectivity index (χ0v) is 13.1. The maximum atomic E-state index is 5.50. The molecule has 1 aliphatic rings. The van der Waals surface area contributed by atoms with Gasteiger partial charge in [-0.3, -0.25) is 0 Å². The standard InChI is InChI=1S/C17H17N3OS/c1-21-15-9-7-14(8-10-15)19-17(22)20-16(11-12-18-20)13-5-3-2-4-6-13/h2-10,12,16H,11H2,1H3,(H,19,22)/t16-/m0/s1. The van der Waals surface area contributed by atoms with Crippen LogP contribution in [-0.2, 0) is 0 Å². The lowest BCUT2D eigenvalue weighted by molar-refractivity contribution is 0.375. The second-order valence-corrected chi connectivity index (χ2v) is 5.35. The molecule has 0 aromatic heterocycles. The number of hydrogen-bond donors (Lipinski definition) is 1. The minimum Gasteiger partial charge on any atom is -0.497 e. The fraction of sp³-hybridized carbons (Fsp3) is 0.176. The molecule has 0 radical (unpaired) electrons. The predicted molar refractivity (Wildman–Crippen MR) is 93.3 cm³/mol. The third-order valence-corrected chi connectivity index (χ3v) is 3.85. The first-order chi connectivity index (χ1) is 10.8. The molecule has 0 saturated carbocycles. The number of anilines is 1. The molecule has 0 bridgehead atoms. The van der Waals surface area contributed by atoms with E-state index < -0.39 is 0 Å². The molecule has 0 saturated heterocycles. The third-order valence-electron chi connectivity index (χ3n) is 3.56. The Kier molecular flexibility index (Phi) is 4.34. The molecule has 112 valence electrons. The summed E-state index contributed by atoms with van der Waals surface area (Å²) in [6.07, 6.45) is 2.76. The number of hydrazone groups is 1. The zero-order valence-electron chi connectivity index (χ0n) is 12.3. The van der Waals surface area contributed by atoms with Crippen LogP contribution in [0.3, 0.4) is 0 Å². The smallest absolute Gasteiger partial charge is 0.194 e. The summed E-state index contributed by atoms with van der Waals surface area (Å²) in [6.45, 7) is 0. The van der Waals surface area contributed by atoms with Gasteiger partial charge < -0.3 is 10.1 Å². The summed E-state index contributed by atoms with van der Waals surface area (Å²) in [5, 5.41) is 10.1. The number of benzene rings is 2. The van der Waals surface area contributed by atoms with Crippen LogP contribution >= 0.6 is 12.2 Å². The number of thiocarbonyl (C=S) groups is 1. The van der Waals surface area contributed by atoms with Gasteiger partial charge in [-0.2, -0.15) is 5.10 Å². The van der Waals surface area contributed by atoms with E-state index in [9.17, 15) is 0 Å². The lowest BCUT2D eigenvalue weighted by Gasteiger charge is -2.25. The van der Waals surface area contributed by atoms with Gasteiger partial charge in [-0.1, -0.05) is 30.3 Å². The number of hydrogen-bond acceptors (Lipinski definition) is 3. The first-order valence-electron chi connectivity index (χ1n) is 7.09. The maximum absolute atomic E-state index is 5.50. The van der Waals surface area contributed by atoms with Crippen LogP contribution in [0.15, 0.2) is 59.7 Å². The van der Waals surface area contributed by atoms with E-state index in [-0.39, 0.29) is 6.04 Å². The van der Waals surface area contributed by atoms with E-state index in [4.69, 9.17) is 17.0 Å². The Morgan fingerprint density at radius 1 is 1.18 bits per heavy atom. The molecule has 2 aromatic rings. The first-order valence-corrected chi connectivity index (χ1v) is 7.50. The van der Waals surface area contributed by atoms with Gasteiger partial charge in [0.25, 0.3) is 0 Å². The van der Waals surface area contributed by atoms with E-state index in [0.29, 0.717) is 5.11 Å². The summed E-state index contributed by atoms with van der Waals surface area (Å²) in [7, 11) is 1.65. The Balaban J connectivity index is 1.72. The lowest BCUT2D eigenvalue weighted by atomic mass is 10.1. The fourth-order valence-corrected chi connectivity index (χ4v) is 2.71. The van der Waals surface area contributed by atoms with Crippen molar-refractivity contribution < 1.29 is 4.74 Å². The van der Waals surface area contributed by atoms with Crippen LogP contribution in [0.5, 0.6) is 5.75 Å². The van der Waals surface area contributed by atoms with Crippen LogP contribution < -0.4 is 10.1 Å². The van der Waals surface area contributed by atoms with Gasteiger partial charge in [0.1, 0.15) is 5.75 Å². The van der Waals surface area contributed by atoms with Gasteiger partial charge in [0.05, 0.1) is 13.2 Å². The van der Waals surface area contributed by atoms with Gasteiger partial charge >= 0.3 is 0 Å². The maximum Gasteiger partial charge on any atom is 0.194 e. The zero-order chi connectivity index (χ0) is 15.4. The molecule has 4 nitrogen and oxygen atoms in total. The Bertz CT molecular complexity index is 670. The van der Waals surface area contributed by atoms with Crippen molar-refractivity contribution >= 4 is 29.2 Å². The van der Waals surface area contributed by atoms with E-state index in [1.54, 1.807) is 7.11 Å². The second-order valence-electron chi connectivity index (χ2n) is 4.96. The van der Waals surface area contributed by atoms with Crippen molar-refractivity contribution in [2.24, 2.45) is 5.10 Å². The molecular weight excluding hydrogens is 294 g/mol. The highest BCUT2D eigenvalue weighted by molar-refractivity contribution is 7.80. The van der Waals surface area contributed by atoms with E-state index in [2.05, 4.69) is 22.6 Å². The van der Waals surface area contributed by atoms with E-state index in [1.807, 2.05) is 53.7 Å². The Morgan fingerprint density at radius 2 is 1.91 bits per heavy atom. The summed E-state index contributed by atoms with van der Waals surface area (Å²) < 4.78 is 5.15. The van der Waals surface area contributed by atoms with Crippen molar-refractivity contribution in [3.05, 3.63) is 60.2 Å². The summed E-state index contributed by atoms with van der Waals surface area (Å²) in [4.78, 5) is 0. The van der Waals surface area contributed by atoms with Gasteiger partial charge in [0.2, 0.25) is 0 Å². The van der Waals surface area contributed by atoms with Gasteiger partial charge in [0, 0.05) is 18.3 Å². The fourth-order valence-electron chi connectivity index (χ4n) is 2.42. The highest BCUT2D eigenvalue weighted by atomic mass is 32.1. The highest BCUT2D eigenvalue weighted by Gasteiger charge is 2.25. The topological polar surface area (TPSA) is 36.9 Å². The Labute approximate surface area is 135 Å². The Hall–Kier alpha value is -2.40. The van der Waals surface area contributed by atoms with Crippen LogP contribution in [0.2, 0.25) is 0 Å². The number of methoxy groups -OCH3 is 1. The molecule has 1 N–H and O–H groups in total. The minimum absolute atomic E-state index is 0.152. The van der Waals surface area contributed by atoms with Crippen LogP contribution in [0.25, 0.3) is 0 Å². The molecule has 22 heavy (non-hydrogen) atoms. The molecule has 0 amide bonds. The first kappa shape index (κ1) is 14.5. The molecule has 0 spiro atoms. The quantitative estimate of drug-likeness (QED) is 0.874. The van der Waals surface area contributed by atoms with Crippen LogP contribution in [-0.4, -0.2) is 23.4 Å². The van der Waals surface area contributed by atoms with Gasteiger partial charge in [-0.15, -0.1) is 0 Å². The summed E-state index contributed by atoms with van der Waals surface area (Å²) in [5.41, 5.74) is 2.12. The molecular formula is C17H17N3OS. The predicted octanol–water partition coefficient (Wildman–Crippen LogP) is 3.82. The average molecular weight is 311 g/mol. The number of nitrogens with zero attached hydrogens (tertiary/aromatic N) is 2. The van der Waals surface area contributed by atoms with Gasteiger partial charge in [-0.05, 0) is 42.0 Å². The van der Waals surface area contributed by atoms with Crippen LogP contribution in [0.4, 0.5) is 5.69 Å². The van der Waals surface area contributed by atoms with E-state index in [1.165, 1.54) is 5.56 Å². The van der Waals surface area contributed by atoms with E-state index in [0.717, 1.165) is 17.9 Å². The monoisotopic (exact) mass is 311 g/mol. The average Bonchev–Trinajstić information content (AvgIpc) is 3.06. The Morgan fingerprint density at radius 3 is 2.59 bits per heavy atom. The lowest BCUT2D eigenvalue weighted by Crippen LogP contribution is -2.31. The molecule has 1 aliphatic heterocycles. The second kappa shape index (κ2) is 6.58. The van der Waals surface area contributed by atoms with Gasteiger partial charge in [-0.25, -0.2) is 5.01 Å². The van der Waals surface area contributed by atoms with Gasteiger partial charge in [0.15, 0.2) is 5.11 Å². The molecule has 2 aromatic carbocycles. The highest BCUT2D eigenvalue weighted by Crippen LogP contribution is 2.28. The van der Waals surface area contributed by atoms with Crippen molar-refractivity contribution in [2.45, 2.75) is 12.5 Å². The number of ether oxygens (including phenoxy) is 1. The largest absolute Gasteiger partial charge is 0.497 e. The summed E-state index contributed by atoms with van der Waals surface area (Å²) in [6, 6.07) is 18.1. The van der Waals surface area contributed by atoms with Crippen LogP contribution in [0, 0.1) is 0 Å². The van der Waals surface area contributed by atoms with E-state index >= 15 is 0 Å². The number of nitrogens with one attached hydrogen (secondary N) is 1.